The third-order valence-electron chi connectivity index (χ3n) is 4.91. The Morgan fingerprint density at radius 1 is 1.00 bits per heavy atom. The van der Waals surface area contributed by atoms with Gasteiger partial charge >= 0.3 is 0 Å². The minimum absolute atomic E-state index is 0.116. The van der Waals surface area contributed by atoms with Gasteiger partial charge in [-0.1, -0.05) is 36.4 Å². The Morgan fingerprint density at radius 2 is 1.79 bits per heavy atom. The number of rotatable bonds is 5. The molecule has 0 spiro atoms. The predicted octanol–water partition coefficient (Wildman–Crippen LogP) is 5.74. The van der Waals surface area contributed by atoms with Crippen molar-refractivity contribution in [3.05, 3.63) is 83.2 Å². The van der Waals surface area contributed by atoms with E-state index in [2.05, 4.69) is 30.3 Å². The maximum Gasteiger partial charge on any atom is 0.264 e. The molecule has 0 radical (unpaired) electrons. The Labute approximate surface area is 169 Å². The topological polar surface area (TPSA) is 29.5 Å². The van der Waals surface area contributed by atoms with Crippen LogP contribution < -0.4 is 4.74 Å². The summed E-state index contributed by atoms with van der Waals surface area (Å²) in [5.41, 5.74) is 3.69. The number of thiophene rings is 1. The van der Waals surface area contributed by atoms with Gasteiger partial charge in [-0.05, 0) is 66.4 Å². The van der Waals surface area contributed by atoms with E-state index >= 15 is 0 Å². The van der Waals surface area contributed by atoms with Crippen molar-refractivity contribution in [1.29, 1.82) is 0 Å². The fourth-order valence-electron chi connectivity index (χ4n) is 3.41. The number of nitrogens with zero attached hydrogens (tertiary/aromatic N) is 1. The summed E-state index contributed by atoms with van der Waals surface area (Å²) >= 11 is 1.55. The van der Waals surface area contributed by atoms with Crippen LogP contribution in [-0.2, 0) is 0 Å². The van der Waals surface area contributed by atoms with Gasteiger partial charge in [0.15, 0.2) is 0 Å². The molecule has 4 heteroatoms. The number of benzene rings is 2. The van der Waals surface area contributed by atoms with Crippen LogP contribution in [-0.4, -0.2) is 30.5 Å². The summed E-state index contributed by atoms with van der Waals surface area (Å²) in [6.07, 6.45) is 3.07. The Morgan fingerprint density at radius 3 is 2.46 bits per heavy atom. The van der Waals surface area contributed by atoms with E-state index in [1.165, 1.54) is 11.1 Å². The van der Waals surface area contributed by atoms with Gasteiger partial charge in [-0.15, -0.1) is 11.3 Å². The molecule has 142 valence electrons. The molecular formula is C24H23NO2S. The first kappa shape index (κ1) is 18.5. The molecule has 28 heavy (non-hydrogen) atoms. The minimum Gasteiger partial charge on any atom is -0.494 e. The van der Waals surface area contributed by atoms with Crippen molar-refractivity contribution >= 4 is 22.8 Å². The Balaban J connectivity index is 1.44. The molecule has 0 aliphatic carbocycles. The number of carbonyl (C=O) groups is 1. The van der Waals surface area contributed by atoms with Crippen LogP contribution in [0.1, 0.15) is 28.6 Å². The molecule has 3 nitrogen and oxygen atoms in total. The zero-order chi connectivity index (χ0) is 19.3. The molecule has 0 N–H and O–H groups in total. The van der Waals surface area contributed by atoms with Crippen LogP contribution in [0.5, 0.6) is 5.75 Å². The minimum atomic E-state index is 0.116. The third kappa shape index (κ3) is 4.02. The average molecular weight is 390 g/mol. The third-order valence-corrected chi connectivity index (χ3v) is 6.03. The van der Waals surface area contributed by atoms with Gasteiger partial charge in [0.25, 0.3) is 5.91 Å². The summed E-state index contributed by atoms with van der Waals surface area (Å²) in [7, 11) is 0. The first-order valence-corrected chi connectivity index (χ1v) is 10.4. The molecule has 0 atom stereocenters. The zero-order valence-corrected chi connectivity index (χ0v) is 16.7. The second-order valence-corrected chi connectivity index (χ2v) is 7.80. The molecule has 1 aliphatic rings. The number of amides is 1. The molecule has 1 aliphatic heterocycles. The maximum atomic E-state index is 12.9. The molecule has 1 aromatic heterocycles. The molecule has 3 aromatic rings. The largest absolute Gasteiger partial charge is 0.494 e. The standard InChI is InChI=1S/C24H23NO2S/c1-2-27-21-10-8-20(9-11-21)22-12-13-23(28-22)24(26)25-16-14-19(15-17-25)18-6-4-3-5-7-18/h3-14H,2,15-17H2,1H3. The van der Waals surface area contributed by atoms with E-state index < -0.39 is 0 Å². The van der Waals surface area contributed by atoms with Crippen molar-refractivity contribution in [1.82, 2.24) is 4.90 Å². The molecule has 0 saturated heterocycles. The van der Waals surface area contributed by atoms with E-state index in [0.29, 0.717) is 13.2 Å². The Hall–Kier alpha value is -2.85. The van der Waals surface area contributed by atoms with Crippen LogP contribution in [0.3, 0.4) is 0 Å². The van der Waals surface area contributed by atoms with Gasteiger partial charge in [0.1, 0.15) is 5.75 Å². The summed E-state index contributed by atoms with van der Waals surface area (Å²) < 4.78 is 5.50. The summed E-state index contributed by atoms with van der Waals surface area (Å²) in [6.45, 7) is 4.06. The monoisotopic (exact) mass is 389 g/mol. The highest BCUT2D eigenvalue weighted by atomic mass is 32.1. The lowest BCUT2D eigenvalue weighted by atomic mass is 9.99. The van der Waals surface area contributed by atoms with Crippen molar-refractivity contribution in [3.8, 4) is 16.2 Å². The van der Waals surface area contributed by atoms with Crippen molar-refractivity contribution < 1.29 is 9.53 Å². The highest BCUT2D eigenvalue weighted by Gasteiger charge is 2.21. The molecule has 4 rings (SSSR count). The number of ether oxygens (including phenoxy) is 1. The van der Waals surface area contributed by atoms with Gasteiger partial charge in [-0.25, -0.2) is 0 Å². The Bertz CT molecular complexity index is 973. The Kier molecular flexibility index (Phi) is 5.58. The highest BCUT2D eigenvalue weighted by Crippen LogP contribution is 2.31. The van der Waals surface area contributed by atoms with E-state index in [1.807, 2.05) is 54.3 Å². The fourth-order valence-corrected chi connectivity index (χ4v) is 4.39. The van der Waals surface area contributed by atoms with Crippen molar-refractivity contribution in [3.63, 3.8) is 0 Å². The summed E-state index contributed by atoms with van der Waals surface area (Å²) in [5.74, 6) is 0.985. The molecule has 2 heterocycles. The van der Waals surface area contributed by atoms with Crippen LogP contribution in [0.4, 0.5) is 0 Å². The van der Waals surface area contributed by atoms with E-state index in [1.54, 1.807) is 11.3 Å². The van der Waals surface area contributed by atoms with Gasteiger partial charge in [0.2, 0.25) is 0 Å². The van der Waals surface area contributed by atoms with Crippen molar-refractivity contribution in [2.75, 3.05) is 19.7 Å². The second kappa shape index (κ2) is 8.44. The first-order chi connectivity index (χ1) is 13.7. The number of hydrogen-bond acceptors (Lipinski definition) is 3. The number of carbonyl (C=O) groups excluding carboxylic acids is 1. The summed E-state index contributed by atoms with van der Waals surface area (Å²) in [6, 6.07) is 22.4. The van der Waals surface area contributed by atoms with Crippen LogP contribution >= 0.6 is 11.3 Å². The molecule has 0 bridgehead atoms. The second-order valence-electron chi connectivity index (χ2n) is 6.72. The van der Waals surface area contributed by atoms with Gasteiger partial charge in [-0.2, -0.15) is 0 Å². The highest BCUT2D eigenvalue weighted by molar-refractivity contribution is 7.17. The fraction of sp³-hybridized carbons (Fsp3) is 0.208. The summed E-state index contributed by atoms with van der Waals surface area (Å²) in [4.78, 5) is 16.7. The molecular weight excluding hydrogens is 366 g/mol. The first-order valence-electron chi connectivity index (χ1n) is 9.61. The van der Waals surface area contributed by atoms with Gasteiger partial charge < -0.3 is 9.64 Å². The van der Waals surface area contributed by atoms with Crippen LogP contribution in [0.2, 0.25) is 0 Å². The van der Waals surface area contributed by atoms with Crippen molar-refractivity contribution in [2.45, 2.75) is 13.3 Å². The maximum absolute atomic E-state index is 12.9. The normalized spacial score (nSPS) is 13.9. The number of hydrogen-bond donors (Lipinski definition) is 0. The lowest BCUT2D eigenvalue weighted by Crippen LogP contribution is -2.34. The SMILES string of the molecule is CCOc1ccc(-c2ccc(C(=O)N3CC=C(c4ccccc4)CC3)s2)cc1. The molecule has 0 unspecified atom stereocenters. The average Bonchev–Trinajstić information content (AvgIpc) is 3.25. The van der Waals surface area contributed by atoms with Crippen LogP contribution in [0.25, 0.3) is 16.0 Å². The summed E-state index contributed by atoms with van der Waals surface area (Å²) in [5, 5.41) is 0. The van der Waals surface area contributed by atoms with Gasteiger partial charge in [0.05, 0.1) is 11.5 Å². The smallest absolute Gasteiger partial charge is 0.264 e. The molecule has 0 fully saturated rings. The van der Waals surface area contributed by atoms with Crippen molar-refractivity contribution in [2.24, 2.45) is 0 Å². The van der Waals surface area contributed by atoms with E-state index in [-0.39, 0.29) is 5.91 Å². The van der Waals surface area contributed by atoms with E-state index in [0.717, 1.165) is 34.0 Å². The van der Waals surface area contributed by atoms with Crippen LogP contribution in [0, 0.1) is 0 Å². The van der Waals surface area contributed by atoms with E-state index in [4.69, 9.17) is 4.74 Å². The zero-order valence-electron chi connectivity index (χ0n) is 15.9. The lowest BCUT2D eigenvalue weighted by molar-refractivity contribution is 0.0777. The van der Waals surface area contributed by atoms with Gasteiger partial charge in [-0.3, -0.25) is 4.79 Å². The molecule has 0 saturated carbocycles. The quantitative estimate of drug-likeness (QED) is 0.557. The van der Waals surface area contributed by atoms with Gasteiger partial charge in [0, 0.05) is 18.0 Å². The molecule has 2 aromatic carbocycles. The van der Waals surface area contributed by atoms with E-state index in [9.17, 15) is 4.79 Å². The molecule has 1 amide bonds. The van der Waals surface area contributed by atoms with Crippen LogP contribution in [0.15, 0.2) is 72.8 Å². The predicted molar refractivity (Wildman–Crippen MR) is 116 cm³/mol. The lowest BCUT2D eigenvalue weighted by Gasteiger charge is -2.26.